The number of aliphatic hydroxyl groups is 2. The normalized spacial score (nSPS) is 32.0. The second-order valence-electron chi connectivity index (χ2n) is 35.7. The fourth-order valence-electron chi connectivity index (χ4n) is 17.3. The first-order chi connectivity index (χ1) is 70.2. The number of rotatable bonds is 32. The van der Waals surface area contributed by atoms with Crippen molar-refractivity contribution in [3.8, 4) is 11.5 Å². The maximum absolute atomic E-state index is 13.8. The van der Waals surface area contributed by atoms with Gasteiger partial charge in [-0.3, -0.25) is 62.3 Å². The van der Waals surface area contributed by atoms with E-state index in [9.17, 15) is 96.3 Å². The largest absolute Gasteiger partial charge is 0.590 e. The Morgan fingerprint density at radius 2 is 0.513 bits per heavy atom. The molecule has 2 unspecified atom stereocenters. The van der Waals surface area contributed by atoms with E-state index in [1.165, 1.54) is 62.3 Å². The Hall–Kier alpha value is -12.0. The van der Waals surface area contributed by atoms with Gasteiger partial charge < -0.3 is 161 Å². The second-order valence-corrected chi connectivity index (χ2v) is 37.1. The summed E-state index contributed by atoms with van der Waals surface area (Å²) in [5, 5.41) is 19.9. The lowest BCUT2D eigenvalue weighted by Gasteiger charge is -2.48. The number of hydrogen-bond donors (Lipinski definition) is 6. The number of carbonyl (C=O) groups excluding carboxylic acids is 17. The Kier molecular flexibility index (Phi) is 54.5. The number of phosphoric ester groups is 1. The van der Waals surface area contributed by atoms with Crippen LogP contribution in [0.15, 0.2) is 60.7 Å². The van der Waals surface area contributed by atoms with Gasteiger partial charge in [0, 0.05) is 126 Å². The molecule has 7 fully saturated rings. The van der Waals surface area contributed by atoms with E-state index in [0.717, 1.165) is 34.1 Å². The van der Waals surface area contributed by atoms with Gasteiger partial charge in [0.2, 0.25) is 37.6 Å². The monoisotopic (exact) mass is 2170 g/mol. The van der Waals surface area contributed by atoms with Crippen molar-refractivity contribution in [1.82, 2.24) is 0 Å². The predicted molar refractivity (Wildman–Crippen MR) is 508 cm³/mol. The zero-order chi connectivity index (χ0) is 113. The lowest BCUT2D eigenvalue weighted by atomic mass is 9.82. The number of carbonyl (C=O) groups is 17. The second kappa shape index (κ2) is 62.7. The Labute approximate surface area is 868 Å². The Bertz CT molecular complexity index is 4640. The molecular formula is C97H147N4O48P. The molecule has 848 valence electrons. The SMILES string of the molecule is CC[C@@H]1O[C@H](OC(C)=O)[C@@H](O[C@H]2O[C@H](COC(C)=O)[C@@H](OC(C)=O)[C@H](OC(N)=O)[C@@H]2OC(C)=O)[C@@H](OC(C)=O)[C@@H]1C.CC[C@H]1OC(O)[C@@H](OC(C)=O)[C@@H](OC(N)=O)[C@@H]1C.CC[C@H]1OC(OP(=O)(Oc2ccccc2)Oc2ccccc2)[C@@H](OC(C)=O)[C@@H](OC(N)=O)[C@@H]1C.CC[C@H]1O[C@H](OC(C)=O)[C@@H](OC(C)=O)[C@@H](C)[C@@H]1C.CC[C@H]1O[C@H](OC(C)=O)[C@@H](OC(C)=O)[C@@H](O)[C@@H]1C.CC[C@H]1O[C@H](OC(C)=O)[C@@H](OC(C)=O)[C@@H](OC(N)=O)[C@@H]1C. The molecule has 7 saturated heterocycles. The van der Waals surface area contributed by atoms with Crippen LogP contribution >= 0.6 is 7.82 Å². The van der Waals surface area contributed by atoms with Gasteiger partial charge in [-0.1, -0.05) is 126 Å². The van der Waals surface area contributed by atoms with Crippen LogP contribution in [-0.2, 0) is 190 Å². The summed E-state index contributed by atoms with van der Waals surface area (Å²) in [7, 11) is -4.42. The number of primary amides is 4. The van der Waals surface area contributed by atoms with Gasteiger partial charge in [-0.15, -0.1) is 0 Å². The number of hydrogen-bond acceptors (Lipinski definition) is 48. The molecule has 7 aliphatic rings. The van der Waals surface area contributed by atoms with Gasteiger partial charge in [-0.05, 0) is 68.7 Å². The molecule has 4 amide bonds. The highest BCUT2D eigenvalue weighted by atomic mass is 31.2. The molecule has 0 bridgehead atoms. The first-order valence-electron chi connectivity index (χ1n) is 48.6. The summed E-state index contributed by atoms with van der Waals surface area (Å²) in [4.78, 5) is 195. The standard InChI is InChI=1S/C25H37NO15.C23H28NO9P.C13H21NO7.C13H22O5.C12H20O6.C11H19NO6/c1-8-16-10(2)18(34-12(4)28)21(23(38-16)37-15(7)31)40-24-22(36-14(6)30)20(41-25(26)32)19(35-13(5)29)17(39-24)9-33-11(3)27;1-4-19-15(2)20(30-23(24)26)21(28-16(3)25)22(29-19)33-34(27,31-17-11-7-5-8-12-17)32-18-13-9-6-10-14-18;1-5-9-6(2)10(21-13(14)17)11(18-7(3)15)12(20-9)19-8(4)16;1-6-11-7(2)8(3)12(16-9(4)14)13(18-11)17-10(5)15;1-5-9-6(2)10(15)11(16-7(3)13)12(18-9)17-8(4)14;1-4-7-5(2)8(18-11(12)15)9(10(14)17-7)16-6(3)13/h10,16-24H,8-9H2,1-7H3,(H2,26,32);5-15,19-22H,4H2,1-3H3,(H2,24,26);6,9-12H,5H2,1-4H3,(H2,14,17);7-8,11-13H,6H2,1-5H3;6,9-12,15H,5H2,1-4H3;5,7-10,14H,4H2,1-3H3,(H2,12,15)/t10-,16+,17-,18+,19-,20+,21+,22+,23+,24-;15-,19-,20+,21+,22?;6-,9-,10+,11+,12+;7-,8-,11+,12-,13-;6-,9-,10+,11+,12+;5-,7-,8+,9+,10?/m111011/s1. The van der Waals surface area contributed by atoms with Crippen LogP contribution in [0.4, 0.5) is 19.2 Å². The van der Waals surface area contributed by atoms with E-state index >= 15 is 0 Å². The number of esters is 13. The van der Waals surface area contributed by atoms with Crippen LogP contribution in [0.1, 0.15) is 219 Å². The number of phosphoric acid groups is 1. The van der Waals surface area contributed by atoms with Crippen LogP contribution in [0.25, 0.3) is 0 Å². The number of para-hydroxylation sites is 2. The summed E-state index contributed by atoms with van der Waals surface area (Å²) < 4.78 is 165. The molecule has 2 aromatic carbocycles. The van der Waals surface area contributed by atoms with Crippen molar-refractivity contribution in [2.24, 2.45) is 64.4 Å². The summed E-state index contributed by atoms with van der Waals surface area (Å²) in [6, 6.07) is 16.6. The van der Waals surface area contributed by atoms with Gasteiger partial charge in [0.1, 0.15) is 36.4 Å². The summed E-state index contributed by atoms with van der Waals surface area (Å²) >= 11 is 0. The number of ether oxygens (including phenoxy) is 25. The van der Waals surface area contributed by atoms with Crippen molar-refractivity contribution in [1.29, 1.82) is 0 Å². The van der Waals surface area contributed by atoms with Crippen LogP contribution in [-0.4, -0.2) is 291 Å². The van der Waals surface area contributed by atoms with Crippen molar-refractivity contribution in [2.75, 3.05) is 6.61 Å². The fourth-order valence-corrected chi connectivity index (χ4v) is 18.6. The van der Waals surface area contributed by atoms with Gasteiger partial charge in [-0.2, -0.15) is 0 Å². The average Bonchev–Trinajstić information content (AvgIpc) is 0.760. The van der Waals surface area contributed by atoms with E-state index in [2.05, 4.69) is 6.92 Å². The molecule has 0 radical (unpaired) electrons. The number of amides is 4. The molecule has 2 aromatic rings. The van der Waals surface area contributed by atoms with Gasteiger partial charge in [0.25, 0.3) is 0 Å². The molecule has 0 aliphatic carbocycles. The predicted octanol–water partition coefficient (Wildman–Crippen LogP) is 8.05. The molecule has 7 heterocycles. The highest BCUT2D eigenvalue weighted by Gasteiger charge is 2.59. The maximum Gasteiger partial charge on any atom is 0.590 e. The molecular weight excluding hydrogens is 2020 g/mol. The molecule has 7 aliphatic heterocycles. The Morgan fingerprint density at radius 1 is 0.260 bits per heavy atom. The first kappa shape index (κ1) is 130. The zero-order valence-electron chi connectivity index (χ0n) is 88.9. The number of aliphatic hydroxyl groups excluding tert-OH is 2. The average molecular weight is 2170 g/mol. The molecule has 53 heteroatoms. The fraction of sp³-hybridized carbons (Fsp3) is 0.701. The third-order valence-corrected chi connectivity index (χ3v) is 25.4. The Morgan fingerprint density at radius 3 is 0.860 bits per heavy atom. The highest BCUT2D eigenvalue weighted by molar-refractivity contribution is 7.49. The minimum Gasteiger partial charge on any atom is -0.463 e. The van der Waals surface area contributed by atoms with E-state index < -0.39 is 276 Å². The van der Waals surface area contributed by atoms with Crippen LogP contribution in [0.3, 0.4) is 0 Å². The zero-order valence-corrected chi connectivity index (χ0v) is 89.8. The first-order valence-corrected chi connectivity index (χ1v) is 50.1. The van der Waals surface area contributed by atoms with Gasteiger partial charge in [0.15, 0.2) is 79.7 Å². The molecule has 150 heavy (non-hydrogen) atoms. The summed E-state index contributed by atoms with van der Waals surface area (Å²) in [6.07, 6.45) is -28.5. The lowest BCUT2D eigenvalue weighted by molar-refractivity contribution is -0.357. The van der Waals surface area contributed by atoms with Crippen molar-refractivity contribution >= 4 is 110 Å². The summed E-state index contributed by atoms with van der Waals surface area (Å²) in [5.41, 5.74) is 20.6. The molecule has 35 atom stereocenters. The molecule has 0 spiro atoms. The van der Waals surface area contributed by atoms with Gasteiger partial charge in [-0.25, -0.2) is 28.3 Å². The molecule has 9 rings (SSSR count). The molecule has 52 nitrogen and oxygen atoms in total. The number of benzene rings is 2. The van der Waals surface area contributed by atoms with Crippen molar-refractivity contribution < 1.29 is 228 Å². The molecule has 0 aromatic heterocycles. The van der Waals surface area contributed by atoms with E-state index in [4.69, 9.17) is 155 Å². The minimum atomic E-state index is -4.42. The van der Waals surface area contributed by atoms with E-state index in [0.29, 0.717) is 32.1 Å². The van der Waals surface area contributed by atoms with Crippen molar-refractivity contribution in [3.05, 3.63) is 60.7 Å². The van der Waals surface area contributed by atoms with Crippen molar-refractivity contribution in [3.63, 3.8) is 0 Å². The third-order valence-electron chi connectivity index (χ3n) is 24.0. The summed E-state index contributed by atoms with van der Waals surface area (Å²) in [5.74, 6) is -9.14. The van der Waals surface area contributed by atoms with E-state index in [1.807, 2.05) is 48.5 Å². The quantitative estimate of drug-likeness (QED) is 0.0229. The van der Waals surface area contributed by atoms with Crippen LogP contribution in [0.5, 0.6) is 11.5 Å². The Balaban J connectivity index is 0.000000388. The smallest absolute Gasteiger partial charge is 0.463 e. The minimum absolute atomic E-state index is 0.0103. The van der Waals surface area contributed by atoms with E-state index in [-0.39, 0.29) is 65.5 Å². The topological polar surface area (TPSA) is 710 Å². The van der Waals surface area contributed by atoms with Gasteiger partial charge >= 0.3 is 110 Å². The van der Waals surface area contributed by atoms with Gasteiger partial charge in [0.05, 0.1) is 36.6 Å². The molecule has 0 saturated carbocycles. The van der Waals surface area contributed by atoms with E-state index in [1.54, 1.807) is 95.3 Å². The highest BCUT2D eigenvalue weighted by Crippen LogP contribution is 2.53. The van der Waals surface area contributed by atoms with Crippen LogP contribution in [0, 0.1) is 41.4 Å². The van der Waals surface area contributed by atoms with Crippen molar-refractivity contribution in [2.45, 2.75) is 391 Å². The number of nitrogens with two attached hydrogens (primary N) is 4. The maximum atomic E-state index is 13.8. The van der Waals surface area contributed by atoms with Crippen LogP contribution in [0.2, 0.25) is 0 Å². The van der Waals surface area contributed by atoms with Crippen LogP contribution < -0.4 is 32.0 Å². The summed E-state index contributed by atoms with van der Waals surface area (Å²) in [6.45, 7) is 39.2. The lowest BCUT2D eigenvalue weighted by Crippen LogP contribution is -2.65. The molecule has 10 N–H and O–H groups in total. The third kappa shape index (κ3) is 41.6.